The molecule has 15 heavy (non-hydrogen) atoms. The summed E-state index contributed by atoms with van der Waals surface area (Å²) >= 11 is 0. The van der Waals surface area contributed by atoms with Crippen LogP contribution in [0, 0.1) is 0 Å². The van der Waals surface area contributed by atoms with Crippen molar-refractivity contribution < 1.29 is 4.39 Å². The van der Waals surface area contributed by atoms with E-state index in [0.29, 0.717) is 12.8 Å². The second-order valence-electron chi connectivity index (χ2n) is 4.38. The normalized spacial score (nSPS) is 30.4. The van der Waals surface area contributed by atoms with Gasteiger partial charge in [-0.3, -0.25) is 0 Å². The Morgan fingerprint density at radius 3 is 2.87 bits per heavy atom. The number of fused-ring (bicyclic) bond motifs is 1. The third-order valence-corrected chi connectivity index (χ3v) is 3.25. The number of hydrogen-bond donors (Lipinski definition) is 2. The smallest absolute Gasteiger partial charge is 0.139 e. The van der Waals surface area contributed by atoms with Crippen molar-refractivity contribution >= 4 is 10.9 Å². The topological polar surface area (TPSA) is 41.8 Å². The maximum Gasteiger partial charge on any atom is 0.139 e. The summed E-state index contributed by atoms with van der Waals surface area (Å²) < 4.78 is 14.4. The molecule has 2 aromatic rings. The first-order valence-corrected chi connectivity index (χ1v) is 5.20. The molecule has 3 heteroatoms. The summed E-state index contributed by atoms with van der Waals surface area (Å²) in [6.45, 7) is 0. The lowest BCUT2D eigenvalue weighted by atomic mass is 9.72. The van der Waals surface area contributed by atoms with Crippen molar-refractivity contribution in [1.29, 1.82) is 0 Å². The van der Waals surface area contributed by atoms with Crippen molar-refractivity contribution in [3.05, 3.63) is 36.0 Å². The highest BCUT2D eigenvalue weighted by molar-refractivity contribution is 5.84. The van der Waals surface area contributed by atoms with Crippen molar-refractivity contribution in [3.8, 4) is 0 Å². The lowest BCUT2D eigenvalue weighted by Crippen LogP contribution is -2.46. The molecule has 78 valence electrons. The Morgan fingerprint density at radius 1 is 1.33 bits per heavy atom. The number of benzene rings is 1. The van der Waals surface area contributed by atoms with Gasteiger partial charge < -0.3 is 10.7 Å². The van der Waals surface area contributed by atoms with E-state index in [2.05, 4.69) is 4.98 Å². The molecule has 0 atom stereocenters. The number of aromatic amines is 1. The highest BCUT2D eigenvalue weighted by atomic mass is 19.1. The van der Waals surface area contributed by atoms with E-state index in [1.807, 2.05) is 30.5 Å². The fraction of sp³-hybridized carbons (Fsp3) is 0.333. The van der Waals surface area contributed by atoms with Gasteiger partial charge in [-0.15, -0.1) is 0 Å². The van der Waals surface area contributed by atoms with Crippen molar-refractivity contribution in [3.63, 3.8) is 0 Å². The molecular formula is C12H13FN2. The van der Waals surface area contributed by atoms with Gasteiger partial charge in [-0.1, -0.05) is 12.1 Å². The predicted octanol–water partition coefficient (Wildman–Crippen LogP) is 2.45. The molecule has 1 aliphatic rings. The molecule has 0 unspecified atom stereocenters. The second-order valence-corrected chi connectivity index (χ2v) is 4.38. The van der Waals surface area contributed by atoms with Crippen molar-refractivity contribution in [2.45, 2.75) is 24.6 Å². The van der Waals surface area contributed by atoms with E-state index >= 15 is 0 Å². The van der Waals surface area contributed by atoms with E-state index in [-0.39, 0.29) is 6.04 Å². The molecule has 0 spiro atoms. The minimum absolute atomic E-state index is 0.0178. The Bertz CT molecular complexity index is 497. The molecule has 1 aliphatic carbocycles. The van der Waals surface area contributed by atoms with Crippen LogP contribution in [-0.4, -0.2) is 11.0 Å². The van der Waals surface area contributed by atoms with Crippen molar-refractivity contribution in [2.24, 2.45) is 5.73 Å². The Hall–Kier alpha value is -1.35. The van der Waals surface area contributed by atoms with Gasteiger partial charge in [0.2, 0.25) is 0 Å². The van der Waals surface area contributed by atoms with E-state index in [9.17, 15) is 4.39 Å². The predicted molar refractivity (Wildman–Crippen MR) is 58.3 cm³/mol. The van der Waals surface area contributed by atoms with Crippen LogP contribution in [0.25, 0.3) is 10.9 Å². The molecule has 2 nitrogen and oxygen atoms in total. The highest BCUT2D eigenvalue weighted by Gasteiger charge is 2.45. The van der Waals surface area contributed by atoms with Crippen LogP contribution in [0.2, 0.25) is 0 Å². The van der Waals surface area contributed by atoms with Crippen LogP contribution in [0.5, 0.6) is 0 Å². The quantitative estimate of drug-likeness (QED) is 0.736. The molecule has 1 aromatic carbocycles. The van der Waals surface area contributed by atoms with Crippen LogP contribution in [0.1, 0.15) is 18.4 Å². The zero-order valence-corrected chi connectivity index (χ0v) is 8.33. The first kappa shape index (κ1) is 8.92. The number of halogens is 1. The Kier molecular flexibility index (Phi) is 1.68. The van der Waals surface area contributed by atoms with Gasteiger partial charge in [0.05, 0.1) is 0 Å². The van der Waals surface area contributed by atoms with E-state index in [1.54, 1.807) is 0 Å². The summed E-state index contributed by atoms with van der Waals surface area (Å²) in [5.41, 5.74) is 6.23. The lowest BCUT2D eigenvalue weighted by molar-refractivity contribution is 0.0421. The third kappa shape index (κ3) is 1.20. The van der Waals surface area contributed by atoms with E-state index in [4.69, 9.17) is 5.73 Å². The van der Waals surface area contributed by atoms with Crippen LogP contribution in [0.3, 0.4) is 0 Å². The van der Waals surface area contributed by atoms with Crippen molar-refractivity contribution in [1.82, 2.24) is 4.98 Å². The molecule has 1 saturated carbocycles. The largest absolute Gasteiger partial charge is 0.361 e. The fourth-order valence-electron chi connectivity index (χ4n) is 2.47. The van der Waals surface area contributed by atoms with Gasteiger partial charge in [-0.2, -0.15) is 0 Å². The highest BCUT2D eigenvalue weighted by Crippen LogP contribution is 2.46. The Labute approximate surface area is 87.3 Å². The molecule has 0 radical (unpaired) electrons. The van der Waals surface area contributed by atoms with Crippen LogP contribution >= 0.6 is 0 Å². The number of aromatic nitrogens is 1. The Morgan fingerprint density at radius 2 is 2.13 bits per heavy atom. The first-order chi connectivity index (χ1) is 7.19. The molecule has 1 fully saturated rings. The SMILES string of the molecule is NC1CC(F)(c2cccc3[nH]ccc23)C1. The minimum Gasteiger partial charge on any atom is -0.361 e. The summed E-state index contributed by atoms with van der Waals surface area (Å²) in [4.78, 5) is 3.09. The number of hydrogen-bond acceptors (Lipinski definition) is 1. The maximum absolute atomic E-state index is 14.4. The monoisotopic (exact) mass is 204 g/mol. The summed E-state index contributed by atoms with van der Waals surface area (Å²) in [5, 5.41) is 0.979. The maximum atomic E-state index is 14.4. The summed E-state index contributed by atoms with van der Waals surface area (Å²) in [6.07, 6.45) is 2.73. The third-order valence-electron chi connectivity index (χ3n) is 3.25. The summed E-state index contributed by atoms with van der Waals surface area (Å²) in [7, 11) is 0. The fourth-order valence-corrected chi connectivity index (χ4v) is 2.47. The molecule has 3 N–H and O–H groups in total. The Balaban J connectivity index is 2.14. The van der Waals surface area contributed by atoms with E-state index in [0.717, 1.165) is 16.5 Å². The number of alkyl halides is 1. The van der Waals surface area contributed by atoms with E-state index in [1.165, 1.54) is 0 Å². The van der Waals surface area contributed by atoms with Gasteiger partial charge in [-0.25, -0.2) is 4.39 Å². The van der Waals surface area contributed by atoms with E-state index < -0.39 is 5.67 Å². The molecular weight excluding hydrogens is 191 g/mol. The molecule has 1 aromatic heterocycles. The van der Waals surface area contributed by atoms with Crippen LogP contribution in [-0.2, 0) is 5.67 Å². The van der Waals surface area contributed by atoms with Gasteiger partial charge >= 0.3 is 0 Å². The van der Waals surface area contributed by atoms with Gasteiger partial charge in [0.15, 0.2) is 0 Å². The number of rotatable bonds is 1. The second kappa shape index (κ2) is 2.83. The summed E-state index contributed by atoms with van der Waals surface area (Å²) in [5.74, 6) is 0. The summed E-state index contributed by atoms with van der Waals surface area (Å²) in [6, 6.07) is 7.65. The lowest BCUT2D eigenvalue weighted by Gasteiger charge is -2.40. The molecule has 3 rings (SSSR count). The number of nitrogens with two attached hydrogens (primary N) is 1. The molecule has 0 amide bonds. The molecule has 0 saturated heterocycles. The van der Waals surface area contributed by atoms with Crippen LogP contribution < -0.4 is 5.73 Å². The molecule has 0 aliphatic heterocycles. The zero-order chi connectivity index (χ0) is 10.5. The molecule has 0 bridgehead atoms. The van der Waals surface area contributed by atoms with Crippen LogP contribution in [0.15, 0.2) is 30.5 Å². The van der Waals surface area contributed by atoms with Gasteiger partial charge in [0, 0.05) is 36.0 Å². The van der Waals surface area contributed by atoms with Crippen molar-refractivity contribution in [2.75, 3.05) is 0 Å². The molecule has 1 heterocycles. The zero-order valence-electron chi connectivity index (χ0n) is 8.33. The average molecular weight is 204 g/mol. The van der Waals surface area contributed by atoms with Gasteiger partial charge in [0.25, 0.3) is 0 Å². The number of nitrogens with one attached hydrogen (secondary N) is 1. The van der Waals surface area contributed by atoms with Crippen LogP contribution in [0.4, 0.5) is 4.39 Å². The van der Waals surface area contributed by atoms with Gasteiger partial charge in [0.1, 0.15) is 5.67 Å². The standard InChI is InChI=1S/C12H13FN2/c13-12(6-8(14)7-12)10-2-1-3-11-9(10)4-5-15-11/h1-5,8,15H,6-7,14H2. The van der Waals surface area contributed by atoms with Gasteiger partial charge in [-0.05, 0) is 17.7 Å². The average Bonchev–Trinajstić information content (AvgIpc) is 2.62. The first-order valence-electron chi connectivity index (χ1n) is 5.20. The minimum atomic E-state index is -1.21. The number of H-pyrrole nitrogens is 1.